The molecule has 3 rings (SSSR count). The Balaban J connectivity index is 1.91. The van der Waals surface area contributed by atoms with E-state index in [1.807, 2.05) is 0 Å². The quantitative estimate of drug-likeness (QED) is 0.486. The number of carbonyl (C=O) groups excluding carboxylic acids is 1. The number of benzene rings is 1. The second-order valence-corrected chi connectivity index (χ2v) is 6.35. The summed E-state index contributed by atoms with van der Waals surface area (Å²) in [7, 11) is 2.87. The number of carbonyl (C=O) groups is 1. The van der Waals surface area contributed by atoms with Crippen molar-refractivity contribution in [2.75, 3.05) is 7.11 Å². The van der Waals surface area contributed by atoms with Crippen LogP contribution in [0.5, 0.6) is 0 Å². The number of rotatable bonds is 4. The summed E-state index contributed by atoms with van der Waals surface area (Å²) in [6.07, 6.45) is -3.31. The zero-order chi connectivity index (χ0) is 21.3. The van der Waals surface area contributed by atoms with E-state index in [1.54, 1.807) is 20.0 Å². The van der Waals surface area contributed by atoms with E-state index in [-0.39, 0.29) is 23.4 Å². The normalized spacial score (nSPS) is 11.6. The van der Waals surface area contributed by atoms with Crippen LogP contribution in [0.2, 0.25) is 0 Å². The number of hydrogen-bond donors (Lipinski definition) is 0. The third kappa shape index (κ3) is 4.41. The second-order valence-electron chi connectivity index (χ2n) is 6.35. The number of hydrogen-bond acceptors (Lipinski definition) is 5. The molecule has 0 radical (unpaired) electrons. The maximum Gasteiger partial charge on any atom is 0.416 e. The Kier molecular flexibility index (Phi) is 5.36. The highest BCUT2D eigenvalue weighted by Gasteiger charge is 2.31. The molecule has 0 spiro atoms. The van der Waals surface area contributed by atoms with Gasteiger partial charge >= 0.3 is 12.1 Å². The van der Waals surface area contributed by atoms with Gasteiger partial charge in [0, 0.05) is 19.7 Å². The predicted octanol–water partition coefficient (Wildman–Crippen LogP) is 3.72. The van der Waals surface area contributed by atoms with E-state index in [4.69, 9.17) is 0 Å². The van der Waals surface area contributed by atoms with Crippen LogP contribution in [0.3, 0.4) is 0 Å². The lowest BCUT2D eigenvalue weighted by molar-refractivity contribution is -0.137. The van der Waals surface area contributed by atoms with Gasteiger partial charge < -0.3 is 4.74 Å². The molecule has 0 fully saturated rings. The Morgan fingerprint density at radius 3 is 2.55 bits per heavy atom. The van der Waals surface area contributed by atoms with Crippen LogP contribution in [0, 0.1) is 12.7 Å². The SMILES string of the molecule is COC(=O)c1cnc(-c2cc(Cc3cc(F)cc(C(F)(F)F)c3)nn2C)nc1C. The largest absolute Gasteiger partial charge is 0.465 e. The average molecular weight is 408 g/mol. The molecule has 0 atom stereocenters. The van der Waals surface area contributed by atoms with Crippen LogP contribution < -0.4 is 0 Å². The minimum atomic E-state index is -4.64. The van der Waals surface area contributed by atoms with Gasteiger partial charge in [-0.05, 0) is 36.8 Å². The van der Waals surface area contributed by atoms with Gasteiger partial charge in [-0.25, -0.2) is 19.2 Å². The van der Waals surface area contributed by atoms with Crippen molar-refractivity contribution in [3.8, 4) is 11.5 Å². The molecule has 152 valence electrons. The number of ether oxygens (including phenoxy) is 1. The zero-order valence-electron chi connectivity index (χ0n) is 15.7. The molecular formula is C19H16F4N4O2. The van der Waals surface area contributed by atoms with Crippen LogP contribution in [0.25, 0.3) is 11.5 Å². The summed E-state index contributed by atoms with van der Waals surface area (Å²) in [5.74, 6) is -1.25. The third-order valence-corrected chi connectivity index (χ3v) is 4.21. The fourth-order valence-electron chi connectivity index (χ4n) is 2.85. The molecule has 29 heavy (non-hydrogen) atoms. The number of alkyl halides is 3. The monoisotopic (exact) mass is 408 g/mol. The first-order valence-electron chi connectivity index (χ1n) is 8.40. The van der Waals surface area contributed by atoms with Gasteiger partial charge in [-0.2, -0.15) is 18.3 Å². The summed E-state index contributed by atoms with van der Waals surface area (Å²) in [5, 5.41) is 4.25. The molecule has 0 bridgehead atoms. The van der Waals surface area contributed by atoms with Crippen molar-refractivity contribution in [1.29, 1.82) is 0 Å². The highest BCUT2D eigenvalue weighted by Crippen LogP contribution is 2.31. The Morgan fingerprint density at radius 2 is 1.93 bits per heavy atom. The van der Waals surface area contributed by atoms with Gasteiger partial charge in [-0.1, -0.05) is 0 Å². The van der Waals surface area contributed by atoms with Gasteiger partial charge in [-0.3, -0.25) is 4.68 Å². The lowest BCUT2D eigenvalue weighted by Crippen LogP contribution is -2.08. The summed E-state index contributed by atoms with van der Waals surface area (Å²) >= 11 is 0. The molecular weight excluding hydrogens is 392 g/mol. The average Bonchev–Trinajstić information content (AvgIpc) is 2.99. The molecule has 0 saturated heterocycles. The fraction of sp³-hybridized carbons (Fsp3) is 0.263. The van der Waals surface area contributed by atoms with Gasteiger partial charge in [0.05, 0.1) is 29.6 Å². The number of esters is 1. The maximum atomic E-state index is 13.6. The maximum absolute atomic E-state index is 13.6. The molecule has 3 aromatic rings. The van der Waals surface area contributed by atoms with E-state index in [0.29, 0.717) is 23.1 Å². The Labute approximate surface area is 163 Å². The van der Waals surface area contributed by atoms with Crippen molar-refractivity contribution in [3.05, 3.63) is 64.4 Å². The molecule has 0 aliphatic rings. The van der Waals surface area contributed by atoms with Crippen LogP contribution in [-0.2, 0) is 24.4 Å². The van der Waals surface area contributed by atoms with Crippen molar-refractivity contribution in [3.63, 3.8) is 0 Å². The number of aryl methyl sites for hydroxylation is 2. The van der Waals surface area contributed by atoms with Gasteiger partial charge in [0.1, 0.15) is 11.5 Å². The third-order valence-electron chi connectivity index (χ3n) is 4.21. The summed E-state index contributed by atoms with van der Waals surface area (Å²) < 4.78 is 58.4. The molecule has 0 unspecified atom stereocenters. The standard InChI is InChI=1S/C19H16F4N4O2/c1-10-15(18(28)29-3)9-24-17(25-10)16-8-14(26-27(16)2)6-11-4-12(19(21,22)23)7-13(20)5-11/h4-5,7-9H,6H2,1-3H3. The molecule has 0 aliphatic heterocycles. The van der Waals surface area contributed by atoms with Crippen molar-refractivity contribution in [1.82, 2.24) is 19.7 Å². The summed E-state index contributed by atoms with van der Waals surface area (Å²) in [6.45, 7) is 1.63. The van der Waals surface area contributed by atoms with E-state index >= 15 is 0 Å². The van der Waals surface area contributed by atoms with Gasteiger partial charge in [0.2, 0.25) is 0 Å². The lowest BCUT2D eigenvalue weighted by Gasteiger charge is -2.08. The molecule has 0 N–H and O–H groups in total. The van der Waals surface area contributed by atoms with Gasteiger partial charge in [0.25, 0.3) is 0 Å². The lowest BCUT2D eigenvalue weighted by atomic mass is 10.1. The Morgan fingerprint density at radius 1 is 1.21 bits per heavy atom. The fourth-order valence-corrected chi connectivity index (χ4v) is 2.85. The van der Waals surface area contributed by atoms with E-state index in [1.165, 1.54) is 18.0 Å². The Bertz CT molecular complexity index is 1080. The molecule has 2 heterocycles. The van der Waals surface area contributed by atoms with Gasteiger partial charge in [0.15, 0.2) is 5.82 Å². The molecule has 1 aromatic carbocycles. The van der Waals surface area contributed by atoms with Crippen LogP contribution in [-0.4, -0.2) is 32.8 Å². The minimum Gasteiger partial charge on any atom is -0.465 e. The van der Waals surface area contributed by atoms with Crippen LogP contribution >= 0.6 is 0 Å². The van der Waals surface area contributed by atoms with Crippen molar-refractivity contribution in [2.24, 2.45) is 7.05 Å². The highest BCUT2D eigenvalue weighted by atomic mass is 19.4. The first kappa shape index (κ1) is 20.4. The topological polar surface area (TPSA) is 69.9 Å². The molecule has 0 saturated carbocycles. The van der Waals surface area contributed by atoms with Crippen LogP contribution in [0.4, 0.5) is 17.6 Å². The number of nitrogens with zero attached hydrogens (tertiary/aromatic N) is 4. The van der Waals surface area contributed by atoms with Crippen molar-refractivity contribution < 1.29 is 27.1 Å². The van der Waals surface area contributed by atoms with E-state index in [9.17, 15) is 22.4 Å². The molecule has 6 nitrogen and oxygen atoms in total. The van der Waals surface area contributed by atoms with Crippen molar-refractivity contribution in [2.45, 2.75) is 19.5 Å². The molecule has 2 aromatic heterocycles. The minimum absolute atomic E-state index is 0.00605. The molecule has 10 heteroatoms. The molecule has 0 amide bonds. The molecule has 0 aliphatic carbocycles. The summed E-state index contributed by atoms with van der Waals surface area (Å²) in [4.78, 5) is 20.1. The first-order chi connectivity index (χ1) is 13.6. The zero-order valence-corrected chi connectivity index (χ0v) is 15.7. The number of aromatic nitrogens is 4. The summed E-state index contributed by atoms with van der Waals surface area (Å²) in [5.41, 5.74) is 0.621. The highest BCUT2D eigenvalue weighted by molar-refractivity contribution is 5.90. The smallest absolute Gasteiger partial charge is 0.416 e. The van der Waals surface area contributed by atoms with E-state index in [2.05, 4.69) is 19.8 Å². The van der Waals surface area contributed by atoms with E-state index in [0.717, 1.165) is 12.1 Å². The van der Waals surface area contributed by atoms with E-state index < -0.39 is 23.5 Å². The van der Waals surface area contributed by atoms with Crippen molar-refractivity contribution >= 4 is 5.97 Å². The van der Waals surface area contributed by atoms with Crippen LogP contribution in [0.15, 0.2) is 30.5 Å². The first-order valence-corrected chi connectivity index (χ1v) is 8.40. The van der Waals surface area contributed by atoms with Gasteiger partial charge in [-0.15, -0.1) is 0 Å². The number of halogens is 4. The van der Waals surface area contributed by atoms with Crippen LogP contribution in [0.1, 0.15) is 32.9 Å². The Hall–Kier alpha value is -3.30. The second kappa shape index (κ2) is 7.61. The number of methoxy groups -OCH3 is 1. The summed E-state index contributed by atoms with van der Waals surface area (Å²) in [6, 6.07) is 3.98. The predicted molar refractivity (Wildman–Crippen MR) is 94.5 cm³/mol.